The number of carboxylic acid groups (broad SMARTS) is 1. The van der Waals surface area contributed by atoms with Crippen molar-refractivity contribution in [1.29, 1.82) is 0 Å². The van der Waals surface area contributed by atoms with Crippen LogP contribution in [0.5, 0.6) is 5.75 Å². The summed E-state index contributed by atoms with van der Waals surface area (Å²) in [5, 5.41) is 9.63. The fourth-order valence-corrected chi connectivity index (χ4v) is 4.58. The highest BCUT2D eigenvalue weighted by Gasteiger charge is 2.38. The first kappa shape index (κ1) is 17.0. The van der Waals surface area contributed by atoms with Crippen LogP contribution in [0.4, 0.5) is 0 Å². The summed E-state index contributed by atoms with van der Waals surface area (Å²) in [5.74, 6) is 0.0738. The number of aryl methyl sites for hydroxylation is 1. The summed E-state index contributed by atoms with van der Waals surface area (Å²) in [6.45, 7) is 2.93. The molecule has 2 heterocycles. The number of ether oxygens (including phenoxy) is 1. The Labute approximate surface area is 146 Å². The third-order valence-corrected chi connectivity index (χ3v) is 5.93. The van der Waals surface area contributed by atoms with Gasteiger partial charge < -0.3 is 9.84 Å². The van der Waals surface area contributed by atoms with Crippen molar-refractivity contribution < 1.29 is 14.6 Å². The Morgan fingerprint density at radius 1 is 1.38 bits per heavy atom. The molecule has 0 aliphatic carbocycles. The van der Waals surface area contributed by atoms with Gasteiger partial charge >= 0.3 is 5.97 Å². The Balaban J connectivity index is 2.08. The molecule has 3 rings (SSSR count). The van der Waals surface area contributed by atoms with Gasteiger partial charge in [-0.3, -0.25) is 9.69 Å². The average Bonchev–Trinajstić information content (AvgIpc) is 3.25. The minimum atomic E-state index is -0.736. The Kier molecular flexibility index (Phi) is 5.21. The smallest absolute Gasteiger partial charge is 0.320 e. The van der Waals surface area contributed by atoms with Gasteiger partial charge in [-0.25, -0.2) is 0 Å². The quantitative estimate of drug-likeness (QED) is 0.861. The van der Waals surface area contributed by atoms with Gasteiger partial charge in [0.05, 0.1) is 13.2 Å². The van der Waals surface area contributed by atoms with E-state index in [4.69, 9.17) is 4.74 Å². The highest BCUT2D eigenvalue weighted by Crippen LogP contribution is 2.41. The SMILES string of the molecule is CCc1ccc(C(c2ccccc2OC)N2CCCC2C(=O)O)s1. The van der Waals surface area contributed by atoms with Crippen molar-refractivity contribution in [2.45, 2.75) is 38.3 Å². The lowest BCUT2D eigenvalue weighted by Gasteiger charge is -2.31. The zero-order valence-corrected chi connectivity index (χ0v) is 14.9. The lowest BCUT2D eigenvalue weighted by molar-refractivity contribution is -0.142. The minimum absolute atomic E-state index is 0.0740. The number of hydrogen-bond acceptors (Lipinski definition) is 4. The van der Waals surface area contributed by atoms with Crippen molar-refractivity contribution in [3.63, 3.8) is 0 Å². The molecule has 1 saturated heterocycles. The van der Waals surface area contributed by atoms with Gasteiger partial charge in [0.1, 0.15) is 11.8 Å². The fraction of sp³-hybridized carbons (Fsp3) is 0.421. The van der Waals surface area contributed by atoms with Gasteiger partial charge in [0.25, 0.3) is 0 Å². The second-order valence-electron chi connectivity index (χ2n) is 6.04. The largest absolute Gasteiger partial charge is 0.496 e. The number of methoxy groups -OCH3 is 1. The monoisotopic (exact) mass is 345 g/mol. The molecule has 0 radical (unpaired) electrons. The second kappa shape index (κ2) is 7.36. The van der Waals surface area contributed by atoms with Crippen molar-refractivity contribution in [2.75, 3.05) is 13.7 Å². The molecule has 0 bridgehead atoms. The number of carbonyl (C=O) groups is 1. The predicted octanol–water partition coefficient (Wildman–Crippen LogP) is 3.96. The van der Waals surface area contributed by atoms with Gasteiger partial charge in [0, 0.05) is 21.9 Å². The third-order valence-electron chi connectivity index (χ3n) is 4.64. The summed E-state index contributed by atoms with van der Waals surface area (Å²) < 4.78 is 5.57. The van der Waals surface area contributed by atoms with Crippen LogP contribution in [0, 0.1) is 0 Å². The second-order valence-corrected chi connectivity index (χ2v) is 7.24. The van der Waals surface area contributed by atoms with E-state index in [9.17, 15) is 9.90 Å². The number of hydrogen-bond donors (Lipinski definition) is 1. The van der Waals surface area contributed by atoms with E-state index in [1.165, 1.54) is 9.75 Å². The van der Waals surface area contributed by atoms with Gasteiger partial charge in [0.2, 0.25) is 0 Å². The maximum Gasteiger partial charge on any atom is 0.320 e. The predicted molar refractivity (Wildman–Crippen MR) is 95.9 cm³/mol. The molecule has 5 heteroatoms. The van der Waals surface area contributed by atoms with Crippen molar-refractivity contribution in [2.24, 2.45) is 0 Å². The van der Waals surface area contributed by atoms with E-state index < -0.39 is 12.0 Å². The lowest BCUT2D eigenvalue weighted by Crippen LogP contribution is -2.39. The van der Waals surface area contributed by atoms with Crippen molar-refractivity contribution in [3.8, 4) is 5.75 Å². The molecule has 128 valence electrons. The van der Waals surface area contributed by atoms with Crippen LogP contribution in [0.25, 0.3) is 0 Å². The van der Waals surface area contributed by atoms with E-state index >= 15 is 0 Å². The number of likely N-dealkylation sites (tertiary alicyclic amines) is 1. The summed E-state index contributed by atoms with van der Waals surface area (Å²) in [7, 11) is 1.67. The first-order valence-corrected chi connectivity index (χ1v) is 9.17. The molecule has 1 aliphatic rings. The molecule has 1 aromatic carbocycles. The van der Waals surface area contributed by atoms with Crippen LogP contribution in [0.3, 0.4) is 0 Å². The number of para-hydroxylation sites is 1. The van der Waals surface area contributed by atoms with Crippen LogP contribution in [0.2, 0.25) is 0 Å². The minimum Gasteiger partial charge on any atom is -0.496 e. The van der Waals surface area contributed by atoms with Crippen molar-refractivity contribution in [3.05, 3.63) is 51.7 Å². The molecule has 1 aromatic heterocycles. The molecule has 0 amide bonds. The summed E-state index contributed by atoms with van der Waals surface area (Å²) in [6.07, 6.45) is 2.60. The van der Waals surface area contributed by atoms with E-state index in [2.05, 4.69) is 24.0 Å². The highest BCUT2D eigenvalue weighted by molar-refractivity contribution is 7.12. The van der Waals surface area contributed by atoms with Gasteiger partial charge in [-0.1, -0.05) is 25.1 Å². The third kappa shape index (κ3) is 3.19. The van der Waals surface area contributed by atoms with Gasteiger partial charge in [-0.15, -0.1) is 11.3 Å². The normalized spacial score (nSPS) is 19.3. The summed E-state index contributed by atoms with van der Waals surface area (Å²) >= 11 is 1.77. The van der Waals surface area contributed by atoms with Crippen molar-refractivity contribution in [1.82, 2.24) is 4.90 Å². The molecule has 4 nitrogen and oxygen atoms in total. The van der Waals surface area contributed by atoms with E-state index in [1.54, 1.807) is 18.4 Å². The molecule has 1 N–H and O–H groups in total. The molecular weight excluding hydrogens is 322 g/mol. The molecule has 0 spiro atoms. The number of benzene rings is 1. The van der Waals surface area contributed by atoms with Crippen LogP contribution in [-0.4, -0.2) is 35.7 Å². The summed E-state index contributed by atoms with van der Waals surface area (Å²) in [5.41, 5.74) is 1.04. The van der Waals surface area contributed by atoms with Crippen LogP contribution < -0.4 is 4.74 Å². The zero-order valence-electron chi connectivity index (χ0n) is 14.1. The number of rotatable bonds is 6. The summed E-state index contributed by atoms with van der Waals surface area (Å²) in [4.78, 5) is 16.3. The van der Waals surface area contributed by atoms with Gasteiger partial charge in [0.15, 0.2) is 0 Å². The van der Waals surface area contributed by atoms with Gasteiger partial charge in [-0.2, -0.15) is 0 Å². The van der Waals surface area contributed by atoms with E-state index in [0.717, 1.165) is 30.7 Å². The summed E-state index contributed by atoms with van der Waals surface area (Å²) in [6, 6.07) is 11.7. The Hall–Kier alpha value is -1.85. The zero-order chi connectivity index (χ0) is 17.1. The highest BCUT2D eigenvalue weighted by atomic mass is 32.1. The fourth-order valence-electron chi connectivity index (χ4n) is 3.48. The Morgan fingerprint density at radius 3 is 2.83 bits per heavy atom. The maximum absolute atomic E-state index is 11.7. The number of nitrogens with zero attached hydrogens (tertiary/aromatic N) is 1. The van der Waals surface area contributed by atoms with E-state index in [-0.39, 0.29) is 6.04 Å². The number of carboxylic acids is 1. The first-order chi connectivity index (χ1) is 11.7. The number of thiophene rings is 1. The van der Waals surface area contributed by atoms with Crippen LogP contribution in [0.15, 0.2) is 36.4 Å². The molecule has 1 aliphatic heterocycles. The molecule has 0 saturated carbocycles. The van der Waals surface area contributed by atoms with Crippen LogP contribution >= 0.6 is 11.3 Å². The van der Waals surface area contributed by atoms with E-state index in [0.29, 0.717) is 6.42 Å². The molecule has 2 aromatic rings. The van der Waals surface area contributed by atoms with Crippen molar-refractivity contribution >= 4 is 17.3 Å². The van der Waals surface area contributed by atoms with Crippen LogP contribution in [0.1, 0.15) is 41.1 Å². The molecule has 2 unspecified atom stereocenters. The van der Waals surface area contributed by atoms with Gasteiger partial charge in [-0.05, 0) is 37.5 Å². The number of aliphatic carboxylic acids is 1. The topological polar surface area (TPSA) is 49.8 Å². The average molecular weight is 345 g/mol. The Morgan fingerprint density at radius 2 is 2.17 bits per heavy atom. The lowest BCUT2D eigenvalue weighted by atomic mass is 10.0. The molecular formula is C19H23NO3S. The molecule has 1 fully saturated rings. The molecule has 24 heavy (non-hydrogen) atoms. The molecule has 2 atom stereocenters. The maximum atomic E-state index is 11.7. The Bertz CT molecular complexity index is 712. The van der Waals surface area contributed by atoms with E-state index in [1.807, 2.05) is 24.3 Å². The van der Waals surface area contributed by atoms with Crippen LogP contribution in [-0.2, 0) is 11.2 Å². The standard InChI is InChI=1S/C19H23NO3S/c1-3-13-10-11-17(24-13)18(14-7-4-5-9-16(14)23-2)20-12-6-8-15(20)19(21)22/h4-5,7,9-11,15,18H,3,6,8,12H2,1-2H3,(H,21,22). The first-order valence-electron chi connectivity index (χ1n) is 8.35.